The third-order valence-corrected chi connectivity index (χ3v) is 3.05. The fourth-order valence-electron chi connectivity index (χ4n) is 1.89. The molecule has 0 aliphatic carbocycles. The standard InChI is InChI=1S/C14H14N4O4/c1-16(2)11-5-3-10(4-6-11)15-13-8-7-12(17(19)20)9-14(13)18(21)22/h3-9,15H,1-2H3. The maximum Gasteiger partial charge on any atom is 0.299 e. The van der Waals surface area contributed by atoms with Gasteiger partial charge in [0.25, 0.3) is 11.4 Å². The van der Waals surface area contributed by atoms with E-state index in [2.05, 4.69) is 5.32 Å². The summed E-state index contributed by atoms with van der Waals surface area (Å²) in [6.45, 7) is 0. The first kappa shape index (κ1) is 15.2. The molecule has 0 fully saturated rings. The Bertz CT molecular complexity index is 713. The van der Waals surface area contributed by atoms with Crippen molar-refractivity contribution in [1.82, 2.24) is 0 Å². The molecular weight excluding hydrogens is 288 g/mol. The average molecular weight is 302 g/mol. The molecular formula is C14H14N4O4. The van der Waals surface area contributed by atoms with Gasteiger partial charge in [-0.15, -0.1) is 0 Å². The number of nitrogens with one attached hydrogen (secondary N) is 1. The first-order valence-electron chi connectivity index (χ1n) is 6.35. The van der Waals surface area contributed by atoms with Crippen LogP contribution in [0.15, 0.2) is 42.5 Å². The highest BCUT2D eigenvalue weighted by Gasteiger charge is 2.19. The number of nitrogens with zero attached hydrogens (tertiary/aromatic N) is 3. The number of hydrogen-bond donors (Lipinski definition) is 1. The van der Waals surface area contributed by atoms with E-state index < -0.39 is 9.85 Å². The van der Waals surface area contributed by atoms with E-state index in [0.29, 0.717) is 5.69 Å². The van der Waals surface area contributed by atoms with Crippen molar-refractivity contribution in [1.29, 1.82) is 0 Å². The Morgan fingerprint density at radius 1 is 0.955 bits per heavy atom. The summed E-state index contributed by atoms with van der Waals surface area (Å²) in [6.07, 6.45) is 0. The molecule has 0 aliphatic heterocycles. The van der Waals surface area contributed by atoms with Gasteiger partial charge in [0.05, 0.1) is 15.9 Å². The molecule has 0 aliphatic rings. The van der Waals surface area contributed by atoms with Gasteiger partial charge in [-0.1, -0.05) is 0 Å². The molecule has 0 saturated carbocycles. The van der Waals surface area contributed by atoms with E-state index in [-0.39, 0.29) is 17.1 Å². The van der Waals surface area contributed by atoms with E-state index in [1.807, 2.05) is 31.1 Å². The molecule has 0 amide bonds. The van der Waals surface area contributed by atoms with Gasteiger partial charge in [0, 0.05) is 31.5 Å². The summed E-state index contributed by atoms with van der Waals surface area (Å²) in [7, 11) is 3.81. The zero-order chi connectivity index (χ0) is 16.3. The van der Waals surface area contributed by atoms with Gasteiger partial charge in [0.15, 0.2) is 0 Å². The second-order valence-corrected chi connectivity index (χ2v) is 4.78. The monoisotopic (exact) mass is 302 g/mol. The number of hydrogen-bond acceptors (Lipinski definition) is 6. The lowest BCUT2D eigenvalue weighted by Gasteiger charge is -2.13. The molecule has 8 nitrogen and oxygen atoms in total. The minimum absolute atomic E-state index is 0.202. The summed E-state index contributed by atoms with van der Waals surface area (Å²) in [6, 6.07) is 10.8. The van der Waals surface area contributed by atoms with Crippen LogP contribution in [0.4, 0.5) is 28.4 Å². The summed E-state index contributed by atoms with van der Waals surface area (Å²) in [5.74, 6) is 0. The van der Waals surface area contributed by atoms with E-state index >= 15 is 0 Å². The summed E-state index contributed by atoms with van der Waals surface area (Å²) in [5.41, 5.74) is 1.19. The Balaban J connectivity index is 2.32. The van der Waals surface area contributed by atoms with Crippen LogP contribution in [0.1, 0.15) is 0 Å². The lowest BCUT2D eigenvalue weighted by Crippen LogP contribution is -2.08. The van der Waals surface area contributed by atoms with E-state index in [1.54, 1.807) is 12.1 Å². The van der Waals surface area contributed by atoms with Gasteiger partial charge >= 0.3 is 0 Å². The van der Waals surface area contributed by atoms with Crippen LogP contribution >= 0.6 is 0 Å². The lowest BCUT2D eigenvalue weighted by atomic mass is 10.2. The molecule has 114 valence electrons. The van der Waals surface area contributed by atoms with Crippen LogP contribution in [0.2, 0.25) is 0 Å². The highest BCUT2D eigenvalue weighted by Crippen LogP contribution is 2.31. The number of benzene rings is 2. The van der Waals surface area contributed by atoms with Crippen LogP contribution in [0, 0.1) is 20.2 Å². The van der Waals surface area contributed by atoms with E-state index in [0.717, 1.165) is 11.8 Å². The average Bonchev–Trinajstić information content (AvgIpc) is 2.47. The van der Waals surface area contributed by atoms with Gasteiger partial charge in [-0.05, 0) is 30.3 Å². The molecule has 0 saturated heterocycles. The molecule has 0 unspecified atom stereocenters. The zero-order valence-corrected chi connectivity index (χ0v) is 12.0. The van der Waals surface area contributed by atoms with Crippen LogP contribution in [-0.4, -0.2) is 23.9 Å². The molecule has 2 aromatic carbocycles. The van der Waals surface area contributed by atoms with Crippen molar-refractivity contribution in [2.45, 2.75) is 0 Å². The molecule has 22 heavy (non-hydrogen) atoms. The molecule has 0 heterocycles. The van der Waals surface area contributed by atoms with Gasteiger partial charge in [-0.3, -0.25) is 20.2 Å². The highest BCUT2D eigenvalue weighted by molar-refractivity contribution is 5.72. The Hall–Kier alpha value is -3.16. The van der Waals surface area contributed by atoms with Crippen LogP contribution in [0.3, 0.4) is 0 Å². The Labute approximate surface area is 126 Å². The number of nitro benzene ring substituents is 2. The molecule has 8 heteroatoms. The summed E-state index contributed by atoms with van der Waals surface area (Å²) in [4.78, 5) is 22.4. The molecule has 2 aromatic rings. The maximum atomic E-state index is 11.1. The van der Waals surface area contributed by atoms with Crippen molar-refractivity contribution >= 4 is 28.4 Å². The van der Waals surface area contributed by atoms with Gasteiger partial charge in [-0.25, -0.2) is 0 Å². The fraction of sp³-hybridized carbons (Fsp3) is 0.143. The van der Waals surface area contributed by atoms with Gasteiger partial charge in [0.2, 0.25) is 0 Å². The van der Waals surface area contributed by atoms with Crippen LogP contribution < -0.4 is 10.2 Å². The van der Waals surface area contributed by atoms with Crippen molar-refractivity contribution < 1.29 is 9.85 Å². The lowest BCUT2D eigenvalue weighted by molar-refractivity contribution is -0.393. The molecule has 0 radical (unpaired) electrons. The van der Waals surface area contributed by atoms with Crippen molar-refractivity contribution in [2.75, 3.05) is 24.3 Å². The number of rotatable bonds is 5. The second-order valence-electron chi connectivity index (χ2n) is 4.78. The molecule has 2 rings (SSSR count). The quantitative estimate of drug-likeness (QED) is 0.671. The maximum absolute atomic E-state index is 11.1. The Kier molecular flexibility index (Phi) is 4.21. The van der Waals surface area contributed by atoms with Crippen molar-refractivity contribution in [2.24, 2.45) is 0 Å². The van der Waals surface area contributed by atoms with Gasteiger partial charge in [0.1, 0.15) is 5.69 Å². The zero-order valence-electron chi connectivity index (χ0n) is 12.0. The van der Waals surface area contributed by atoms with Crippen molar-refractivity contribution in [3.8, 4) is 0 Å². The van der Waals surface area contributed by atoms with Crippen LogP contribution in [0.25, 0.3) is 0 Å². The Morgan fingerprint density at radius 3 is 2.09 bits per heavy atom. The molecule has 1 N–H and O–H groups in total. The summed E-state index contributed by atoms with van der Waals surface area (Å²) >= 11 is 0. The summed E-state index contributed by atoms with van der Waals surface area (Å²) in [5, 5.41) is 24.7. The predicted molar refractivity (Wildman–Crippen MR) is 83.8 cm³/mol. The normalized spacial score (nSPS) is 10.1. The first-order valence-corrected chi connectivity index (χ1v) is 6.35. The van der Waals surface area contributed by atoms with Gasteiger partial charge in [-0.2, -0.15) is 0 Å². The third-order valence-electron chi connectivity index (χ3n) is 3.05. The SMILES string of the molecule is CN(C)c1ccc(Nc2ccc([N+](=O)[O-])cc2[N+](=O)[O-])cc1. The van der Waals surface area contributed by atoms with Crippen LogP contribution in [0.5, 0.6) is 0 Å². The molecule has 0 aromatic heterocycles. The predicted octanol–water partition coefficient (Wildman–Crippen LogP) is 3.31. The highest BCUT2D eigenvalue weighted by atomic mass is 16.6. The largest absolute Gasteiger partial charge is 0.378 e. The summed E-state index contributed by atoms with van der Waals surface area (Å²) < 4.78 is 0. The van der Waals surface area contributed by atoms with Crippen LogP contribution in [-0.2, 0) is 0 Å². The number of anilines is 3. The molecule has 0 spiro atoms. The van der Waals surface area contributed by atoms with Crippen molar-refractivity contribution in [3.63, 3.8) is 0 Å². The van der Waals surface area contributed by atoms with E-state index in [9.17, 15) is 20.2 Å². The second kappa shape index (κ2) is 6.08. The first-order chi connectivity index (χ1) is 10.4. The van der Waals surface area contributed by atoms with E-state index in [4.69, 9.17) is 0 Å². The smallest absolute Gasteiger partial charge is 0.299 e. The number of nitro groups is 2. The van der Waals surface area contributed by atoms with E-state index in [1.165, 1.54) is 12.1 Å². The van der Waals surface area contributed by atoms with Gasteiger partial charge < -0.3 is 10.2 Å². The molecule has 0 atom stereocenters. The topological polar surface area (TPSA) is 102 Å². The molecule has 0 bridgehead atoms. The minimum Gasteiger partial charge on any atom is -0.378 e. The van der Waals surface area contributed by atoms with Crippen molar-refractivity contribution in [3.05, 3.63) is 62.7 Å². The number of non-ortho nitro benzene ring substituents is 1. The third kappa shape index (κ3) is 3.29. The fourth-order valence-corrected chi connectivity index (χ4v) is 1.89. The minimum atomic E-state index is -0.664. The Morgan fingerprint density at radius 2 is 1.59 bits per heavy atom.